The minimum atomic E-state index is -1.91. The third-order valence-electron chi connectivity index (χ3n) is 11.1. The molecular weight excluding hydrogens is 479 g/mol. The van der Waals surface area contributed by atoms with E-state index in [1.807, 2.05) is 13.2 Å². The second-order valence-corrected chi connectivity index (χ2v) is 13.5. The van der Waals surface area contributed by atoms with Crippen LogP contribution in [-0.4, -0.2) is 58.4 Å². The lowest BCUT2D eigenvalue weighted by Crippen LogP contribution is -2.69. The zero-order chi connectivity index (χ0) is 25.5. The fourth-order valence-corrected chi connectivity index (χ4v) is 9.81. The van der Waals surface area contributed by atoms with E-state index in [4.69, 9.17) is 9.47 Å². The summed E-state index contributed by atoms with van der Waals surface area (Å²) in [6.07, 6.45) is 12.0. The van der Waals surface area contributed by atoms with E-state index in [2.05, 4.69) is 6.92 Å². The van der Waals surface area contributed by atoms with Crippen molar-refractivity contribution in [1.82, 2.24) is 0 Å². The molecule has 5 fully saturated rings. The first-order valence-corrected chi connectivity index (χ1v) is 15.2. The molecule has 0 aromatic heterocycles. The van der Waals surface area contributed by atoms with E-state index in [0.29, 0.717) is 25.0 Å². The minimum absolute atomic E-state index is 0.0210. The summed E-state index contributed by atoms with van der Waals surface area (Å²) in [4.78, 5) is 26.0. The van der Waals surface area contributed by atoms with E-state index in [-0.39, 0.29) is 29.8 Å². The molecule has 1 unspecified atom stereocenters. The topological polar surface area (TPSA) is 72.8 Å². The largest absolute Gasteiger partial charge is 0.390 e. The molecule has 7 heteroatoms. The van der Waals surface area contributed by atoms with Crippen LogP contribution in [0.1, 0.15) is 71.6 Å². The van der Waals surface area contributed by atoms with E-state index in [1.165, 1.54) is 24.3 Å². The number of allylic oxidation sites excluding steroid dienone is 4. The lowest BCUT2D eigenvalue weighted by molar-refractivity contribution is -0.234. The van der Waals surface area contributed by atoms with Crippen LogP contribution in [0, 0.1) is 28.6 Å². The van der Waals surface area contributed by atoms with Gasteiger partial charge in [-0.3, -0.25) is 9.59 Å². The number of carbonyl (C=O) groups excluding carboxylic acids is 2. The zero-order valence-corrected chi connectivity index (χ0v) is 22.5. The summed E-state index contributed by atoms with van der Waals surface area (Å²) in [6, 6.07) is 0. The summed E-state index contributed by atoms with van der Waals surface area (Å²) in [5.41, 5.74) is -4.05. The molecule has 1 saturated heterocycles. The number of hydrogen-bond donors (Lipinski definition) is 1. The molecule has 5 nitrogen and oxygen atoms in total. The predicted octanol–water partition coefficient (Wildman–Crippen LogP) is 4.96. The highest BCUT2D eigenvalue weighted by molar-refractivity contribution is 7.99. The predicted molar refractivity (Wildman–Crippen MR) is 136 cm³/mol. The van der Waals surface area contributed by atoms with Crippen molar-refractivity contribution in [1.29, 1.82) is 0 Å². The standard InChI is InChI=1S/C29H39FO5S/c1-26-12-11-19(31)13-18(26)9-10-20-21-14-24-29(23(33)16-36-3,27(21,2)15-22(32)28(20,26)30)35-25(34-24)17-7-5-4-6-8-17/h11-13,17,20-22,24-25,32H,4-10,14-16H2,1-3H3/t20-,21-,22-,24-,25?,26-,27-,28-,29+/m0/s1. The van der Waals surface area contributed by atoms with Gasteiger partial charge in [0.25, 0.3) is 0 Å². The maximum absolute atomic E-state index is 17.5. The molecule has 6 rings (SSSR count). The summed E-state index contributed by atoms with van der Waals surface area (Å²) < 4.78 is 30.9. The Balaban J connectivity index is 1.40. The van der Waals surface area contributed by atoms with E-state index in [9.17, 15) is 14.7 Å². The van der Waals surface area contributed by atoms with Crippen LogP contribution in [0.2, 0.25) is 0 Å². The number of Topliss-reactive ketones (excluding diaryl/α,β-unsaturated/α-hetero) is 1. The van der Waals surface area contributed by atoms with E-state index in [0.717, 1.165) is 31.3 Å². The number of rotatable bonds is 4. The molecule has 0 spiro atoms. The fourth-order valence-electron chi connectivity index (χ4n) is 9.34. The molecule has 9 atom stereocenters. The monoisotopic (exact) mass is 518 g/mol. The summed E-state index contributed by atoms with van der Waals surface area (Å²) in [5.74, 6) is -0.101. The summed E-state index contributed by atoms with van der Waals surface area (Å²) in [6.45, 7) is 3.88. The molecule has 6 aliphatic rings. The summed E-state index contributed by atoms with van der Waals surface area (Å²) in [7, 11) is 0. The first-order chi connectivity index (χ1) is 17.1. The van der Waals surface area contributed by atoms with Crippen molar-refractivity contribution < 1.29 is 28.6 Å². The Morgan fingerprint density at radius 2 is 1.94 bits per heavy atom. The molecule has 4 saturated carbocycles. The highest BCUT2D eigenvalue weighted by Crippen LogP contribution is 2.72. The van der Waals surface area contributed by atoms with Gasteiger partial charge in [-0.05, 0) is 69.8 Å². The highest BCUT2D eigenvalue weighted by atomic mass is 32.2. The average molecular weight is 519 g/mol. The number of ketones is 2. The molecule has 0 aromatic rings. The van der Waals surface area contributed by atoms with Crippen molar-refractivity contribution in [3.63, 3.8) is 0 Å². The van der Waals surface area contributed by atoms with Gasteiger partial charge in [0.2, 0.25) is 0 Å². The Labute approximate surface area is 217 Å². The number of hydrogen-bond acceptors (Lipinski definition) is 6. The zero-order valence-electron chi connectivity index (χ0n) is 21.6. The first kappa shape index (κ1) is 25.3. The van der Waals surface area contributed by atoms with Gasteiger partial charge in [-0.1, -0.05) is 37.8 Å². The number of thioether (sulfide) groups is 1. The smallest absolute Gasteiger partial charge is 0.178 e. The summed E-state index contributed by atoms with van der Waals surface area (Å²) in [5, 5.41) is 11.7. The molecule has 0 bridgehead atoms. The number of ether oxygens (including phenoxy) is 2. The van der Waals surface area contributed by atoms with Gasteiger partial charge in [-0.2, -0.15) is 11.8 Å². The number of alkyl halides is 1. The van der Waals surface area contributed by atoms with Crippen LogP contribution < -0.4 is 0 Å². The molecule has 0 amide bonds. The lowest BCUT2D eigenvalue weighted by atomic mass is 9.44. The Hall–Kier alpha value is -1.02. The van der Waals surface area contributed by atoms with E-state index < -0.39 is 46.5 Å². The molecule has 1 heterocycles. The molecule has 1 aliphatic heterocycles. The Bertz CT molecular complexity index is 1020. The van der Waals surface area contributed by atoms with Gasteiger partial charge in [-0.25, -0.2) is 4.39 Å². The van der Waals surface area contributed by atoms with Crippen molar-refractivity contribution in [3.05, 3.63) is 23.8 Å². The van der Waals surface area contributed by atoms with Crippen LogP contribution >= 0.6 is 11.8 Å². The number of fused-ring (bicyclic) bond motifs is 7. The van der Waals surface area contributed by atoms with Gasteiger partial charge in [0.05, 0.1) is 18.0 Å². The van der Waals surface area contributed by atoms with Crippen molar-refractivity contribution in [2.45, 2.75) is 101 Å². The van der Waals surface area contributed by atoms with Crippen molar-refractivity contribution >= 4 is 23.3 Å². The van der Waals surface area contributed by atoms with Gasteiger partial charge in [0.15, 0.2) is 29.1 Å². The third kappa shape index (κ3) is 3.06. The Morgan fingerprint density at radius 1 is 1.19 bits per heavy atom. The van der Waals surface area contributed by atoms with Crippen LogP contribution in [0.25, 0.3) is 0 Å². The molecular formula is C29H39FO5S. The molecule has 36 heavy (non-hydrogen) atoms. The average Bonchev–Trinajstić information content (AvgIpc) is 3.35. The second-order valence-electron chi connectivity index (χ2n) is 12.6. The minimum Gasteiger partial charge on any atom is -0.390 e. The second kappa shape index (κ2) is 8.49. The number of carbonyl (C=O) groups is 2. The van der Waals surface area contributed by atoms with Crippen molar-refractivity contribution in [2.75, 3.05) is 12.0 Å². The van der Waals surface area contributed by atoms with Crippen LogP contribution in [0.3, 0.4) is 0 Å². The van der Waals surface area contributed by atoms with Gasteiger partial charge in [0, 0.05) is 22.7 Å². The van der Waals surface area contributed by atoms with Crippen molar-refractivity contribution in [2.24, 2.45) is 28.6 Å². The third-order valence-corrected chi connectivity index (χ3v) is 11.7. The molecule has 0 radical (unpaired) electrons. The molecule has 0 aromatic carbocycles. The summed E-state index contributed by atoms with van der Waals surface area (Å²) >= 11 is 1.48. The van der Waals surface area contributed by atoms with Gasteiger partial charge in [-0.15, -0.1) is 0 Å². The fraction of sp³-hybridized carbons (Fsp3) is 0.793. The van der Waals surface area contributed by atoms with Crippen LogP contribution in [0.15, 0.2) is 23.8 Å². The highest BCUT2D eigenvalue weighted by Gasteiger charge is 2.79. The van der Waals surface area contributed by atoms with Crippen LogP contribution in [0.4, 0.5) is 4.39 Å². The van der Waals surface area contributed by atoms with E-state index in [1.54, 1.807) is 12.2 Å². The molecule has 1 N–H and O–H groups in total. The van der Waals surface area contributed by atoms with Gasteiger partial charge >= 0.3 is 0 Å². The number of halogens is 1. The van der Waals surface area contributed by atoms with E-state index >= 15 is 4.39 Å². The van der Waals surface area contributed by atoms with Gasteiger partial charge < -0.3 is 14.6 Å². The molecule has 198 valence electrons. The maximum atomic E-state index is 17.5. The first-order valence-electron chi connectivity index (χ1n) is 13.8. The lowest BCUT2D eigenvalue weighted by Gasteiger charge is -2.62. The van der Waals surface area contributed by atoms with Crippen LogP contribution in [0.5, 0.6) is 0 Å². The normalized spacial score (nSPS) is 50.2. The quantitative estimate of drug-likeness (QED) is 0.567. The van der Waals surface area contributed by atoms with Crippen molar-refractivity contribution in [3.8, 4) is 0 Å². The number of aliphatic hydroxyl groups excluding tert-OH is 1. The number of aliphatic hydroxyl groups is 1. The van der Waals surface area contributed by atoms with Gasteiger partial charge in [0.1, 0.15) is 0 Å². The SMILES string of the molecule is CSCC(=O)[C@@]12OC(C3CCCCC3)O[C@H]1C[C@H]1[C@@H]3CCC4=CC(=O)C=C[C@]4(C)[C@@]3(F)[C@@H](O)C[C@@]12C. The van der Waals surface area contributed by atoms with Crippen LogP contribution in [-0.2, 0) is 19.1 Å². The Morgan fingerprint density at radius 3 is 2.67 bits per heavy atom. The Kier molecular flexibility index (Phi) is 5.96. The maximum Gasteiger partial charge on any atom is 0.178 e. The molecule has 5 aliphatic carbocycles.